The summed E-state index contributed by atoms with van der Waals surface area (Å²) in [5, 5.41) is 6.38. The van der Waals surface area contributed by atoms with Crippen molar-refractivity contribution in [2.75, 3.05) is 17.2 Å². The number of aromatic nitrogens is 2. The van der Waals surface area contributed by atoms with E-state index in [1.54, 1.807) is 12.1 Å². The predicted molar refractivity (Wildman–Crippen MR) is 79.4 cm³/mol. The number of benzene rings is 1. The van der Waals surface area contributed by atoms with Gasteiger partial charge >= 0.3 is 0 Å². The second-order valence-electron chi connectivity index (χ2n) is 4.57. The number of aryl methyl sites for hydroxylation is 1. The molecular formula is C15H19FN4. The van der Waals surface area contributed by atoms with Gasteiger partial charge in [-0.2, -0.15) is 0 Å². The zero-order chi connectivity index (χ0) is 14.5. The molecule has 0 atom stereocenters. The molecule has 0 saturated heterocycles. The molecular weight excluding hydrogens is 255 g/mol. The maximum absolute atomic E-state index is 13.6. The number of halogens is 1. The Bertz CT molecular complexity index is 598. The lowest BCUT2D eigenvalue weighted by atomic mass is 10.2. The van der Waals surface area contributed by atoms with Crippen LogP contribution >= 0.6 is 0 Å². The van der Waals surface area contributed by atoms with Crippen LogP contribution in [0.3, 0.4) is 0 Å². The summed E-state index contributed by atoms with van der Waals surface area (Å²) in [6.45, 7) is 7.00. The molecule has 0 fully saturated rings. The highest BCUT2D eigenvalue weighted by atomic mass is 19.1. The third-order valence-corrected chi connectivity index (χ3v) is 3.01. The van der Waals surface area contributed by atoms with Crippen LogP contribution in [-0.2, 0) is 6.54 Å². The van der Waals surface area contributed by atoms with Gasteiger partial charge < -0.3 is 10.6 Å². The number of nitrogens with one attached hydrogen (secondary N) is 2. The minimum atomic E-state index is -0.213. The van der Waals surface area contributed by atoms with Crippen molar-refractivity contribution in [3.05, 3.63) is 47.0 Å². The molecule has 0 saturated carbocycles. The van der Waals surface area contributed by atoms with Crippen LogP contribution in [0.4, 0.5) is 16.0 Å². The van der Waals surface area contributed by atoms with E-state index >= 15 is 0 Å². The molecule has 0 bridgehead atoms. The number of hydrogen-bond acceptors (Lipinski definition) is 4. The zero-order valence-corrected chi connectivity index (χ0v) is 12.0. The van der Waals surface area contributed by atoms with E-state index in [0.717, 1.165) is 23.7 Å². The summed E-state index contributed by atoms with van der Waals surface area (Å²) in [6, 6.07) is 6.72. The summed E-state index contributed by atoms with van der Waals surface area (Å²) in [5.74, 6) is 2.02. The van der Waals surface area contributed by atoms with Crippen molar-refractivity contribution in [2.24, 2.45) is 0 Å². The van der Waals surface area contributed by atoms with E-state index in [0.29, 0.717) is 17.9 Å². The average Bonchev–Trinajstić information content (AvgIpc) is 2.42. The highest BCUT2D eigenvalue weighted by Gasteiger charge is 2.09. The SMILES string of the molecule is CCNc1nc(C)nc(NCc2ccccc2F)c1C. The quantitative estimate of drug-likeness (QED) is 0.878. The normalized spacial score (nSPS) is 10.4. The molecule has 0 unspecified atom stereocenters. The summed E-state index contributed by atoms with van der Waals surface area (Å²) < 4.78 is 13.6. The molecule has 2 rings (SSSR count). The van der Waals surface area contributed by atoms with Gasteiger partial charge in [0.25, 0.3) is 0 Å². The molecule has 1 aromatic carbocycles. The Morgan fingerprint density at radius 1 is 1.05 bits per heavy atom. The summed E-state index contributed by atoms with van der Waals surface area (Å²) in [4.78, 5) is 8.74. The van der Waals surface area contributed by atoms with Gasteiger partial charge in [-0.05, 0) is 26.8 Å². The van der Waals surface area contributed by atoms with E-state index in [1.165, 1.54) is 6.07 Å². The van der Waals surface area contributed by atoms with Crippen molar-refractivity contribution >= 4 is 11.6 Å². The molecule has 106 valence electrons. The van der Waals surface area contributed by atoms with Crippen molar-refractivity contribution in [3.63, 3.8) is 0 Å². The number of nitrogens with zero attached hydrogens (tertiary/aromatic N) is 2. The van der Waals surface area contributed by atoms with Crippen molar-refractivity contribution < 1.29 is 4.39 Å². The average molecular weight is 274 g/mol. The predicted octanol–water partition coefficient (Wildman–Crippen LogP) is 3.28. The first-order chi connectivity index (χ1) is 9.61. The Kier molecular flexibility index (Phi) is 4.50. The maximum Gasteiger partial charge on any atom is 0.135 e. The molecule has 2 aromatic rings. The van der Waals surface area contributed by atoms with Gasteiger partial charge in [0.15, 0.2) is 0 Å². The molecule has 5 heteroatoms. The van der Waals surface area contributed by atoms with E-state index in [2.05, 4.69) is 20.6 Å². The van der Waals surface area contributed by atoms with Gasteiger partial charge in [-0.25, -0.2) is 14.4 Å². The van der Waals surface area contributed by atoms with Gasteiger partial charge in [-0.15, -0.1) is 0 Å². The van der Waals surface area contributed by atoms with Crippen LogP contribution in [0.1, 0.15) is 23.9 Å². The largest absolute Gasteiger partial charge is 0.370 e. The zero-order valence-electron chi connectivity index (χ0n) is 12.0. The highest BCUT2D eigenvalue weighted by molar-refractivity contribution is 5.57. The smallest absolute Gasteiger partial charge is 0.135 e. The minimum absolute atomic E-state index is 0.213. The first kappa shape index (κ1) is 14.2. The van der Waals surface area contributed by atoms with Gasteiger partial charge in [0.05, 0.1) is 0 Å². The highest BCUT2D eigenvalue weighted by Crippen LogP contribution is 2.20. The Morgan fingerprint density at radius 2 is 1.70 bits per heavy atom. The van der Waals surface area contributed by atoms with Gasteiger partial charge in [0.2, 0.25) is 0 Å². The molecule has 0 aliphatic carbocycles. The minimum Gasteiger partial charge on any atom is -0.370 e. The van der Waals surface area contributed by atoms with Crippen LogP contribution in [0.15, 0.2) is 24.3 Å². The van der Waals surface area contributed by atoms with Crippen LogP contribution in [0.5, 0.6) is 0 Å². The Hall–Kier alpha value is -2.17. The van der Waals surface area contributed by atoms with E-state index in [1.807, 2.05) is 26.8 Å². The molecule has 0 aliphatic heterocycles. The van der Waals surface area contributed by atoms with Crippen LogP contribution < -0.4 is 10.6 Å². The number of anilines is 2. The van der Waals surface area contributed by atoms with Crippen molar-refractivity contribution in [2.45, 2.75) is 27.3 Å². The third-order valence-electron chi connectivity index (χ3n) is 3.01. The van der Waals surface area contributed by atoms with Crippen LogP contribution in [0, 0.1) is 19.7 Å². The van der Waals surface area contributed by atoms with Gasteiger partial charge in [0, 0.05) is 24.2 Å². The lowest BCUT2D eigenvalue weighted by Crippen LogP contribution is -2.10. The molecule has 0 radical (unpaired) electrons. The second-order valence-corrected chi connectivity index (χ2v) is 4.57. The van der Waals surface area contributed by atoms with Crippen LogP contribution in [0.25, 0.3) is 0 Å². The molecule has 0 spiro atoms. The van der Waals surface area contributed by atoms with Crippen LogP contribution in [0.2, 0.25) is 0 Å². The molecule has 0 amide bonds. The number of hydrogen-bond donors (Lipinski definition) is 2. The van der Waals surface area contributed by atoms with Gasteiger partial charge in [-0.3, -0.25) is 0 Å². The molecule has 20 heavy (non-hydrogen) atoms. The van der Waals surface area contributed by atoms with E-state index in [-0.39, 0.29) is 5.82 Å². The van der Waals surface area contributed by atoms with E-state index in [4.69, 9.17) is 0 Å². The fourth-order valence-electron chi connectivity index (χ4n) is 1.96. The van der Waals surface area contributed by atoms with Crippen molar-refractivity contribution in [1.82, 2.24) is 9.97 Å². The fraction of sp³-hybridized carbons (Fsp3) is 0.333. The molecule has 4 nitrogen and oxygen atoms in total. The summed E-state index contributed by atoms with van der Waals surface area (Å²) >= 11 is 0. The molecule has 0 aliphatic rings. The molecule has 1 aromatic heterocycles. The Morgan fingerprint density at radius 3 is 2.35 bits per heavy atom. The Labute approximate surface area is 118 Å². The standard InChI is InChI=1S/C15H19FN4/c1-4-17-14-10(2)15(20-11(3)19-14)18-9-12-7-5-6-8-13(12)16/h5-8H,4,9H2,1-3H3,(H2,17,18,19,20). The summed E-state index contributed by atoms with van der Waals surface area (Å²) in [5.41, 5.74) is 1.56. The Balaban J connectivity index is 2.19. The van der Waals surface area contributed by atoms with Crippen LogP contribution in [-0.4, -0.2) is 16.5 Å². The van der Waals surface area contributed by atoms with Gasteiger partial charge in [0.1, 0.15) is 23.3 Å². The number of rotatable bonds is 5. The maximum atomic E-state index is 13.6. The summed E-state index contributed by atoms with van der Waals surface area (Å²) in [7, 11) is 0. The van der Waals surface area contributed by atoms with E-state index in [9.17, 15) is 4.39 Å². The summed E-state index contributed by atoms with van der Waals surface area (Å²) in [6.07, 6.45) is 0. The molecule has 1 heterocycles. The third kappa shape index (κ3) is 3.23. The lowest BCUT2D eigenvalue weighted by molar-refractivity contribution is 0.613. The fourth-order valence-corrected chi connectivity index (χ4v) is 1.96. The lowest BCUT2D eigenvalue weighted by Gasteiger charge is -2.13. The van der Waals surface area contributed by atoms with Crippen molar-refractivity contribution in [3.8, 4) is 0 Å². The van der Waals surface area contributed by atoms with E-state index < -0.39 is 0 Å². The van der Waals surface area contributed by atoms with Crippen molar-refractivity contribution in [1.29, 1.82) is 0 Å². The monoisotopic (exact) mass is 274 g/mol. The molecule has 2 N–H and O–H groups in total. The van der Waals surface area contributed by atoms with Gasteiger partial charge in [-0.1, -0.05) is 18.2 Å². The second kappa shape index (κ2) is 6.32. The first-order valence-corrected chi connectivity index (χ1v) is 6.68. The first-order valence-electron chi connectivity index (χ1n) is 6.68. The topological polar surface area (TPSA) is 49.8 Å².